The molecule has 134 valence electrons. The van der Waals surface area contributed by atoms with Crippen LogP contribution in [0.4, 0.5) is 0 Å². The number of nitrogens with zero attached hydrogens (tertiary/aromatic N) is 3. The Morgan fingerprint density at radius 3 is 2.50 bits per heavy atom. The van der Waals surface area contributed by atoms with Gasteiger partial charge in [0.1, 0.15) is 11.8 Å². The summed E-state index contributed by atoms with van der Waals surface area (Å²) in [7, 11) is 0. The highest BCUT2D eigenvalue weighted by Gasteiger charge is 2.24. The lowest BCUT2D eigenvalue weighted by molar-refractivity contribution is 0.0893. The standard InChI is InChI=1S/C18H16Cl2N4O2/c19-16-7-15(4-1-11(16)8-21)26-14-5-2-13(3-6-14)24-17(25)12-9-22-18(20)23-10-12/h1,4,7,9-10,13-14H,2-3,5-6H2,(H,24,25). The summed E-state index contributed by atoms with van der Waals surface area (Å²) in [6.45, 7) is 0. The number of nitrogens with one attached hydrogen (secondary N) is 1. The van der Waals surface area contributed by atoms with Crippen LogP contribution < -0.4 is 10.1 Å². The molecule has 1 aromatic heterocycles. The van der Waals surface area contributed by atoms with Crippen molar-refractivity contribution >= 4 is 29.1 Å². The minimum atomic E-state index is -0.204. The quantitative estimate of drug-likeness (QED) is 0.802. The van der Waals surface area contributed by atoms with E-state index in [0.717, 1.165) is 25.7 Å². The van der Waals surface area contributed by atoms with Gasteiger partial charge in [0.15, 0.2) is 0 Å². The molecule has 0 bridgehead atoms. The molecule has 1 amide bonds. The third-order valence-corrected chi connectivity index (χ3v) is 4.76. The molecule has 26 heavy (non-hydrogen) atoms. The van der Waals surface area contributed by atoms with E-state index in [9.17, 15) is 4.79 Å². The van der Waals surface area contributed by atoms with Crippen molar-refractivity contribution in [2.45, 2.75) is 37.8 Å². The highest BCUT2D eigenvalue weighted by atomic mass is 35.5. The minimum absolute atomic E-state index is 0.0611. The molecule has 0 unspecified atom stereocenters. The summed E-state index contributed by atoms with van der Waals surface area (Å²) in [6, 6.07) is 7.17. The van der Waals surface area contributed by atoms with E-state index in [2.05, 4.69) is 15.3 Å². The molecule has 1 fully saturated rings. The maximum atomic E-state index is 12.2. The maximum absolute atomic E-state index is 12.2. The summed E-state index contributed by atoms with van der Waals surface area (Å²) in [5, 5.41) is 12.4. The van der Waals surface area contributed by atoms with E-state index in [1.54, 1.807) is 18.2 Å². The van der Waals surface area contributed by atoms with Crippen LogP contribution in [0.2, 0.25) is 10.3 Å². The zero-order chi connectivity index (χ0) is 18.5. The minimum Gasteiger partial charge on any atom is -0.490 e. The van der Waals surface area contributed by atoms with Crippen LogP contribution in [0.25, 0.3) is 0 Å². The second kappa shape index (κ2) is 8.35. The van der Waals surface area contributed by atoms with Crippen LogP contribution >= 0.6 is 23.2 Å². The monoisotopic (exact) mass is 390 g/mol. The third kappa shape index (κ3) is 4.63. The summed E-state index contributed by atoms with van der Waals surface area (Å²) in [4.78, 5) is 19.8. The maximum Gasteiger partial charge on any atom is 0.254 e. The van der Waals surface area contributed by atoms with Crippen molar-refractivity contribution < 1.29 is 9.53 Å². The molecule has 0 atom stereocenters. The fraction of sp³-hybridized carbons (Fsp3) is 0.333. The van der Waals surface area contributed by atoms with Crippen molar-refractivity contribution in [1.82, 2.24) is 15.3 Å². The molecule has 1 N–H and O–H groups in total. The first-order chi connectivity index (χ1) is 12.5. The molecule has 1 heterocycles. The summed E-state index contributed by atoms with van der Waals surface area (Å²) >= 11 is 11.7. The first kappa shape index (κ1) is 18.4. The van der Waals surface area contributed by atoms with Gasteiger partial charge in [0, 0.05) is 24.5 Å². The van der Waals surface area contributed by atoms with Crippen molar-refractivity contribution in [3.63, 3.8) is 0 Å². The number of carbonyl (C=O) groups excluding carboxylic acids is 1. The van der Waals surface area contributed by atoms with E-state index >= 15 is 0 Å². The van der Waals surface area contributed by atoms with Crippen molar-refractivity contribution in [3.8, 4) is 11.8 Å². The molecule has 0 spiro atoms. The van der Waals surface area contributed by atoms with Crippen molar-refractivity contribution in [2.24, 2.45) is 0 Å². The zero-order valence-electron chi connectivity index (χ0n) is 13.8. The molecular formula is C18H16Cl2N4O2. The SMILES string of the molecule is N#Cc1ccc(OC2CCC(NC(=O)c3cnc(Cl)nc3)CC2)cc1Cl. The molecule has 1 aliphatic rings. The third-order valence-electron chi connectivity index (χ3n) is 4.26. The highest BCUT2D eigenvalue weighted by Crippen LogP contribution is 2.27. The Morgan fingerprint density at radius 1 is 1.19 bits per heavy atom. The van der Waals surface area contributed by atoms with Crippen molar-refractivity contribution in [3.05, 3.63) is 52.0 Å². The number of benzene rings is 1. The number of ether oxygens (including phenoxy) is 1. The van der Waals surface area contributed by atoms with Gasteiger partial charge in [0.2, 0.25) is 5.28 Å². The topological polar surface area (TPSA) is 87.9 Å². The number of hydrogen-bond acceptors (Lipinski definition) is 5. The molecule has 0 saturated heterocycles. The van der Waals surface area contributed by atoms with E-state index < -0.39 is 0 Å². The lowest BCUT2D eigenvalue weighted by Crippen LogP contribution is -2.39. The summed E-state index contributed by atoms with van der Waals surface area (Å²) in [5.41, 5.74) is 0.816. The molecule has 1 aromatic carbocycles. The van der Waals surface area contributed by atoms with Gasteiger partial charge in [0.25, 0.3) is 5.91 Å². The number of amides is 1. The van der Waals surface area contributed by atoms with Crippen LogP contribution in [-0.4, -0.2) is 28.0 Å². The van der Waals surface area contributed by atoms with Gasteiger partial charge >= 0.3 is 0 Å². The first-order valence-corrected chi connectivity index (χ1v) is 8.95. The predicted molar refractivity (Wildman–Crippen MR) is 97.3 cm³/mol. The van der Waals surface area contributed by atoms with Crippen LogP contribution in [0.5, 0.6) is 5.75 Å². The lowest BCUT2D eigenvalue weighted by atomic mass is 9.92. The summed E-state index contributed by atoms with van der Waals surface area (Å²) in [5.74, 6) is 0.449. The molecule has 1 aliphatic carbocycles. The van der Waals surface area contributed by atoms with Gasteiger partial charge < -0.3 is 10.1 Å². The van der Waals surface area contributed by atoms with E-state index in [1.165, 1.54) is 12.4 Å². The Hall–Kier alpha value is -2.36. The molecule has 8 heteroatoms. The Kier molecular flexibility index (Phi) is 5.92. The fourth-order valence-electron chi connectivity index (χ4n) is 2.88. The van der Waals surface area contributed by atoms with E-state index in [0.29, 0.717) is 21.9 Å². The molecule has 1 saturated carbocycles. The van der Waals surface area contributed by atoms with E-state index in [4.69, 9.17) is 33.2 Å². The van der Waals surface area contributed by atoms with E-state index in [1.807, 2.05) is 6.07 Å². The summed E-state index contributed by atoms with van der Waals surface area (Å²) in [6.07, 6.45) is 6.15. The Morgan fingerprint density at radius 2 is 1.88 bits per heavy atom. The summed E-state index contributed by atoms with van der Waals surface area (Å²) < 4.78 is 5.95. The Balaban J connectivity index is 1.49. The van der Waals surface area contributed by atoms with Gasteiger partial charge in [-0.2, -0.15) is 5.26 Å². The predicted octanol–water partition coefficient (Wildman–Crippen LogP) is 3.78. The van der Waals surface area contributed by atoms with Crippen molar-refractivity contribution in [2.75, 3.05) is 0 Å². The smallest absolute Gasteiger partial charge is 0.254 e. The molecule has 0 aliphatic heterocycles. The second-order valence-corrected chi connectivity index (χ2v) is 6.80. The normalized spacial score (nSPS) is 19.4. The molecular weight excluding hydrogens is 375 g/mol. The van der Waals surface area contributed by atoms with Gasteiger partial charge in [-0.15, -0.1) is 0 Å². The Bertz CT molecular complexity index is 828. The average molecular weight is 391 g/mol. The van der Waals surface area contributed by atoms with Crippen LogP contribution in [0.15, 0.2) is 30.6 Å². The van der Waals surface area contributed by atoms with Gasteiger partial charge in [0.05, 0.1) is 22.3 Å². The number of hydrogen-bond donors (Lipinski definition) is 1. The number of aromatic nitrogens is 2. The van der Waals surface area contributed by atoms with Gasteiger partial charge in [-0.1, -0.05) is 11.6 Å². The van der Waals surface area contributed by atoms with Crippen LogP contribution in [0.3, 0.4) is 0 Å². The van der Waals surface area contributed by atoms with Gasteiger partial charge in [-0.25, -0.2) is 9.97 Å². The number of carbonyl (C=O) groups is 1. The lowest BCUT2D eigenvalue weighted by Gasteiger charge is -2.29. The first-order valence-electron chi connectivity index (χ1n) is 8.20. The van der Waals surface area contributed by atoms with E-state index in [-0.39, 0.29) is 23.3 Å². The van der Waals surface area contributed by atoms with Crippen molar-refractivity contribution in [1.29, 1.82) is 5.26 Å². The number of nitriles is 1. The second-order valence-electron chi connectivity index (χ2n) is 6.06. The van der Waals surface area contributed by atoms with Gasteiger partial charge in [-0.05, 0) is 49.4 Å². The number of halogens is 2. The molecule has 0 radical (unpaired) electrons. The number of rotatable bonds is 4. The van der Waals surface area contributed by atoms with Gasteiger partial charge in [-0.3, -0.25) is 4.79 Å². The zero-order valence-corrected chi connectivity index (χ0v) is 15.3. The van der Waals surface area contributed by atoms with Crippen LogP contribution in [0, 0.1) is 11.3 Å². The largest absolute Gasteiger partial charge is 0.490 e. The molecule has 3 rings (SSSR count). The highest BCUT2D eigenvalue weighted by molar-refractivity contribution is 6.31. The van der Waals surface area contributed by atoms with Crippen LogP contribution in [0.1, 0.15) is 41.6 Å². The Labute approximate surface area is 161 Å². The molecule has 6 nitrogen and oxygen atoms in total. The fourth-order valence-corrected chi connectivity index (χ4v) is 3.19. The average Bonchev–Trinajstić information content (AvgIpc) is 2.64. The molecule has 2 aromatic rings. The van der Waals surface area contributed by atoms with Crippen LogP contribution in [-0.2, 0) is 0 Å².